The molecule has 18 heavy (non-hydrogen) atoms. The molecule has 1 amide bonds. The summed E-state index contributed by atoms with van der Waals surface area (Å²) in [5.41, 5.74) is 0.350. The summed E-state index contributed by atoms with van der Waals surface area (Å²) >= 11 is 0. The summed E-state index contributed by atoms with van der Waals surface area (Å²) < 4.78 is 25.0. The van der Waals surface area contributed by atoms with Crippen molar-refractivity contribution in [2.24, 2.45) is 5.89 Å². The van der Waals surface area contributed by atoms with E-state index in [-0.39, 0.29) is 12.1 Å². The fraction of sp³-hybridized carbons (Fsp3) is 0.562. The fourth-order valence-corrected chi connectivity index (χ4v) is 2.05. The standard InChI is InChI=1S/C16H25NO/c1-12(2)17(13(3)4)16(18)14(5)11-15-9-7-6-8-10-15/h6-10,12-14H,11H2,1-5H3/t14-/m1/s1/i11D2,14D. The van der Waals surface area contributed by atoms with Gasteiger partial charge in [0, 0.05) is 22.1 Å². The Balaban J connectivity index is 3.22. The van der Waals surface area contributed by atoms with Crippen LogP contribution in [0.5, 0.6) is 0 Å². The predicted octanol–water partition coefficient (Wildman–Crippen LogP) is 3.51. The van der Waals surface area contributed by atoms with Crippen LogP contribution >= 0.6 is 0 Å². The van der Waals surface area contributed by atoms with E-state index in [2.05, 4.69) is 0 Å². The Morgan fingerprint density at radius 3 is 2.11 bits per heavy atom. The van der Waals surface area contributed by atoms with Crippen LogP contribution in [0.2, 0.25) is 0 Å². The van der Waals surface area contributed by atoms with Gasteiger partial charge >= 0.3 is 0 Å². The van der Waals surface area contributed by atoms with Gasteiger partial charge in [0.25, 0.3) is 0 Å². The monoisotopic (exact) mass is 250 g/mol. The summed E-state index contributed by atoms with van der Waals surface area (Å²) in [7, 11) is 0. The van der Waals surface area contributed by atoms with Crippen molar-refractivity contribution >= 4 is 5.91 Å². The second kappa shape index (κ2) is 6.58. The molecular formula is C16H25NO. The van der Waals surface area contributed by atoms with Crippen LogP contribution in [-0.2, 0) is 11.2 Å². The van der Waals surface area contributed by atoms with Crippen molar-refractivity contribution in [1.82, 2.24) is 4.90 Å². The molecule has 0 unspecified atom stereocenters. The highest BCUT2D eigenvalue weighted by molar-refractivity contribution is 5.79. The van der Waals surface area contributed by atoms with Crippen molar-refractivity contribution in [3.63, 3.8) is 0 Å². The third kappa shape index (κ3) is 3.86. The lowest BCUT2D eigenvalue weighted by atomic mass is 9.98. The van der Waals surface area contributed by atoms with E-state index >= 15 is 0 Å². The number of benzene rings is 1. The van der Waals surface area contributed by atoms with E-state index in [0.717, 1.165) is 0 Å². The number of carbonyl (C=O) groups is 1. The molecule has 1 aromatic carbocycles. The normalized spacial score (nSPS) is 17.8. The SMILES string of the molecule is [2H]C([2H])(c1ccccc1)[C@@]([2H])(C)C(=O)N(C(C)C)C(C)C. The number of rotatable bonds is 5. The Morgan fingerprint density at radius 2 is 1.67 bits per heavy atom. The summed E-state index contributed by atoms with van der Waals surface area (Å²) in [6.07, 6.45) is -2.06. The minimum Gasteiger partial charge on any atom is -0.338 e. The quantitative estimate of drug-likeness (QED) is 0.783. The lowest BCUT2D eigenvalue weighted by Crippen LogP contribution is -2.45. The van der Waals surface area contributed by atoms with Gasteiger partial charge in [-0.05, 0) is 39.6 Å². The molecule has 0 spiro atoms. The van der Waals surface area contributed by atoms with Crippen molar-refractivity contribution in [2.75, 3.05) is 0 Å². The van der Waals surface area contributed by atoms with Gasteiger partial charge in [-0.1, -0.05) is 37.3 Å². The number of carbonyl (C=O) groups excluding carboxylic acids is 1. The number of amides is 1. The third-order valence-electron chi connectivity index (χ3n) is 2.77. The molecule has 0 fully saturated rings. The first-order valence-corrected chi connectivity index (χ1v) is 6.41. The zero-order valence-corrected chi connectivity index (χ0v) is 11.9. The molecule has 0 aliphatic rings. The molecule has 0 aromatic heterocycles. The molecule has 0 saturated carbocycles. The predicted molar refractivity (Wildman–Crippen MR) is 76.4 cm³/mol. The summed E-state index contributed by atoms with van der Waals surface area (Å²) in [6.45, 7) is 8.89. The first-order chi connectivity index (χ1) is 9.53. The van der Waals surface area contributed by atoms with Gasteiger partial charge in [-0.15, -0.1) is 0 Å². The third-order valence-corrected chi connectivity index (χ3v) is 2.77. The van der Waals surface area contributed by atoms with Gasteiger partial charge in [0.15, 0.2) is 0 Å². The molecule has 2 heteroatoms. The van der Waals surface area contributed by atoms with Crippen LogP contribution in [0.3, 0.4) is 0 Å². The highest BCUT2D eigenvalue weighted by Gasteiger charge is 2.24. The minimum atomic E-state index is -2.06. The molecule has 1 atom stereocenters. The number of hydrogen-bond acceptors (Lipinski definition) is 1. The Labute approximate surface area is 115 Å². The molecule has 0 aliphatic heterocycles. The van der Waals surface area contributed by atoms with Crippen LogP contribution in [0.15, 0.2) is 30.3 Å². The molecule has 100 valence electrons. The Morgan fingerprint density at radius 1 is 1.17 bits per heavy atom. The Kier molecular flexibility index (Phi) is 3.87. The summed E-state index contributed by atoms with van der Waals surface area (Å²) in [6, 6.07) is 8.32. The van der Waals surface area contributed by atoms with Gasteiger partial charge in [-0.2, -0.15) is 0 Å². The largest absolute Gasteiger partial charge is 0.338 e. The Bertz CT molecular complexity index is 476. The minimum absolute atomic E-state index is 0.0752. The van der Waals surface area contributed by atoms with E-state index < -0.39 is 18.2 Å². The maximum absolute atomic E-state index is 12.8. The maximum Gasteiger partial charge on any atom is 0.226 e. The molecule has 2 nitrogen and oxygen atoms in total. The van der Waals surface area contributed by atoms with E-state index in [4.69, 9.17) is 4.11 Å². The molecule has 0 saturated heterocycles. The van der Waals surface area contributed by atoms with Crippen molar-refractivity contribution < 1.29 is 8.91 Å². The van der Waals surface area contributed by atoms with Crippen LogP contribution in [0.1, 0.15) is 44.3 Å². The van der Waals surface area contributed by atoms with Crippen LogP contribution in [-0.4, -0.2) is 22.9 Å². The smallest absolute Gasteiger partial charge is 0.226 e. The van der Waals surface area contributed by atoms with Crippen LogP contribution in [0.25, 0.3) is 0 Å². The summed E-state index contributed by atoms with van der Waals surface area (Å²) in [4.78, 5) is 14.3. The molecule has 0 aliphatic carbocycles. The van der Waals surface area contributed by atoms with Gasteiger partial charge in [-0.25, -0.2) is 0 Å². The molecular weight excluding hydrogens is 222 g/mol. The van der Waals surface area contributed by atoms with Crippen LogP contribution in [0, 0.1) is 5.89 Å². The zero-order chi connectivity index (χ0) is 16.4. The summed E-state index contributed by atoms with van der Waals surface area (Å²) in [5.74, 6) is -2.37. The second-order valence-electron chi connectivity index (χ2n) is 5.02. The average Bonchev–Trinajstić information content (AvgIpc) is 2.38. The van der Waals surface area contributed by atoms with Crippen molar-refractivity contribution in [2.45, 2.75) is 53.1 Å². The highest BCUT2D eigenvalue weighted by Crippen LogP contribution is 2.15. The van der Waals surface area contributed by atoms with Crippen LogP contribution < -0.4 is 0 Å². The topological polar surface area (TPSA) is 20.3 Å². The van der Waals surface area contributed by atoms with Gasteiger partial charge < -0.3 is 4.90 Å². The highest BCUT2D eigenvalue weighted by atomic mass is 16.2. The molecule has 0 heterocycles. The van der Waals surface area contributed by atoms with Crippen molar-refractivity contribution in [3.05, 3.63) is 35.9 Å². The van der Waals surface area contributed by atoms with Gasteiger partial charge in [-0.3, -0.25) is 4.79 Å². The van der Waals surface area contributed by atoms with Gasteiger partial charge in [0.05, 0.1) is 0 Å². The fourth-order valence-electron chi connectivity index (χ4n) is 2.05. The first-order valence-electron chi connectivity index (χ1n) is 7.91. The lowest BCUT2D eigenvalue weighted by Gasteiger charge is -2.33. The molecule has 0 N–H and O–H groups in total. The van der Waals surface area contributed by atoms with E-state index in [9.17, 15) is 4.79 Å². The van der Waals surface area contributed by atoms with E-state index in [1.807, 2.05) is 27.7 Å². The molecule has 0 radical (unpaired) electrons. The number of nitrogens with zero attached hydrogens (tertiary/aromatic N) is 1. The molecule has 0 bridgehead atoms. The van der Waals surface area contributed by atoms with E-state index in [0.29, 0.717) is 5.56 Å². The van der Waals surface area contributed by atoms with E-state index in [1.54, 1.807) is 35.2 Å². The van der Waals surface area contributed by atoms with Crippen molar-refractivity contribution in [1.29, 1.82) is 0 Å². The maximum atomic E-state index is 12.8. The zero-order valence-electron chi connectivity index (χ0n) is 14.9. The average molecular weight is 250 g/mol. The van der Waals surface area contributed by atoms with Gasteiger partial charge in [0.2, 0.25) is 5.91 Å². The molecule has 1 rings (SSSR count). The van der Waals surface area contributed by atoms with Crippen molar-refractivity contribution in [3.8, 4) is 0 Å². The molecule has 1 aromatic rings. The second-order valence-corrected chi connectivity index (χ2v) is 5.02. The lowest BCUT2D eigenvalue weighted by molar-refractivity contribution is -0.138. The first kappa shape index (κ1) is 10.6. The van der Waals surface area contributed by atoms with Crippen LogP contribution in [0.4, 0.5) is 0 Å². The Hall–Kier alpha value is -1.31. The van der Waals surface area contributed by atoms with E-state index in [1.165, 1.54) is 6.92 Å². The summed E-state index contributed by atoms with van der Waals surface area (Å²) in [5, 5.41) is 0. The number of hydrogen-bond donors (Lipinski definition) is 0. The van der Waals surface area contributed by atoms with Gasteiger partial charge in [0.1, 0.15) is 0 Å².